The summed E-state index contributed by atoms with van der Waals surface area (Å²) < 4.78 is 13.5. The van der Waals surface area contributed by atoms with Gasteiger partial charge in [-0.1, -0.05) is 24.3 Å². The standard InChI is InChI=1S/C21H18FN3O3S/c22-14-5-3-11(4-6-14)15(10-16(26)24-21-23-7-8-29-21)25-19(27)17-12-1-2-13(9-12)18(17)20(25)28/h1-8,12-13,15,17-18H,9-10H2,(H,23,24,26). The second kappa shape index (κ2) is 6.88. The molecular weight excluding hydrogens is 393 g/mol. The molecule has 1 N–H and O–H groups in total. The average molecular weight is 411 g/mol. The molecule has 8 heteroatoms. The Morgan fingerprint density at radius 3 is 2.41 bits per heavy atom. The van der Waals surface area contributed by atoms with Gasteiger partial charge < -0.3 is 5.32 Å². The highest BCUT2D eigenvalue weighted by molar-refractivity contribution is 7.13. The zero-order valence-electron chi connectivity index (χ0n) is 15.3. The summed E-state index contributed by atoms with van der Waals surface area (Å²) in [7, 11) is 0. The van der Waals surface area contributed by atoms with Gasteiger partial charge in [-0.25, -0.2) is 9.37 Å². The van der Waals surface area contributed by atoms with Crippen LogP contribution in [-0.2, 0) is 14.4 Å². The van der Waals surface area contributed by atoms with E-state index in [9.17, 15) is 18.8 Å². The number of fused-ring (bicyclic) bond motifs is 5. The molecule has 2 aliphatic carbocycles. The van der Waals surface area contributed by atoms with Crippen molar-refractivity contribution in [2.75, 3.05) is 5.32 Å². The van der Waals surface area contributed by atoms with E-state index < -0.39 is 11.9 Å². The van der Waals surface area contributed by atoms with Crippen molar-refractivity contribution in [2.24, 2.45) is 23.7 Å². The highest BCUT2D eigenvalue weighted by atomic mass is 32.1. The van der Waals surface area contributed by atoms with E-state index >= 15 is 0 Å². The lowest BCUT2D eigenvalue weighted by molar-refractivity contribution is -0.144. The van der Waals surface area contributed by atoms with E-state index in [1.807, 2.05) is 12.2 Å². The number of carbonyl (C=O) groups excluding carboxylic acids is 3. The molecule has 1 aromatic heterocycles. The predicted molar refractivity (Wildman–Crippen MR) is 104 cm³/mol. The van der Waals surface area contributed by atoms with Crippen molar-refractivity contribution in [1.82, 2.24) is 9.88 Å². The van der Waals surface area contributed by atoms with Crippen LogP contribution in [0.2, 0.25) is 0 Å². The Morgan fingerprint density at radius 1 is 1.17 bits per heavy atom. The van der Waals surface area contributed by atoms with E-state index in [1.165, 1.54) is 40.5 Å². The second-order valence-electron chi connectivity index (χ2n) is 7.70. The van der Waals surface area contributed by atoms with Gasteiger partial charge in [-0.3, -0.25) is 19.3 Å². The van der Waals surface area contributed by atoms with Crippen molar-refractivity contribution >= 4 is 34.2 Å². The highest BCUT2D eigenvalue weighted by Gasteiger charge is 2.60. The first-order valence-corrected chi connectivity index (χ1v) is 10.4. The summed E-state index contributed by atoms with van der Waals surface area (Å²) in [6, 6.07) is 4.83. The van der Waals surface area contributed by atoms with Crippen LogP contribution < -0.4 is 5.32 Å². The molecule has 5 atom stereocenters. The number of hydrogen-bond donors (Lipinski definition) is 1. The molecule has 2 fully saturated rings. The lowest BCUT2D eigenvalue weighted by Gasteiger charge is -2.28. The Morgan fingerprint density at radius 2 is 1.83 bits per heavy atom. The van der Waals surface area contributed by atoms with E-state index in [4.69, 9.17) is 0 Å². The number of allylic oxidation sites excluding steroid dienone is 2. The molecule has 0 spiro atoms. The quantitative estimate of drug-likeness (QED) is 0.606. The number of thiazole rings is 1. The van der Waals surface area contributed by atoms with Gasteiger partial charge in [0.1, 0.15) is 5.82 Å². The van der Waals surface area contributed by atoms with E-state index in [0.717, 1.165) is 6.42 Å². The largest absolute Gasteiger partial charge is 0.302 e. The van der Waals surface area contributed by atoms with Crippen LogP contribution in [-0.4, -0.2) is 27.6 Å². The molecule has 5 rings (SSSR count). The molecule has 5 unspecified atom stereocenters. The smallest absolute Gasteiger partial charge is 0.234 e. The van der Waals surface area contributed by atoms with Crippen LogP contribution in [0.4, 0.5) is 9.52 Å². The topological polar surface area (TPSA) is 79.4 Å². The maximum atomic E-state index is 13.5. The molecule has 1 saturated heterocycles. The molecule has 2 aromatic rings. The number of halogens is 1. The summed E-state index contributed by atoms with van der Waals surface area (Å²) >= 11 is 1.28. The molecule has 2 heterocycles. The van der Waals surface area contributed by atoms with Gasteiger partial charge in [0.05, 0.1) is 24.3 Å². The molecule has 2 bridgehead atoms. The Bertz CT molecular complexity index is 975. The first-order valence-electron chi connectivity index (χ1n) is 9.53. The monoisotopic (exact) mass is 411 g/mol. The molecule has 3 aliphatic rings. The lowest BCUT2D eigenvalue weighted by Crippen LogP contribution is -2.38. The van der Waals surface area contributed by atoms with Gasteiger partial charge >= 0.3 is 0 Å². The Balaban J connectivity index is 1.45. The maximum absolute atomic E-state index is 13.5. The molecule has 1 aliphatic heterocycles. The zero-order chi connectivity index (χ0) is 20.1. The number of benzene rings is 1. The van der Waals surface area contributed by atoms with Crippen LogP contribution >= 0.6 is 11.3 Å². The summed E-state index contributed by atoms with van der Waals surface area (Å²) in [5.41, 5.74) is 0.558. The molecule has 3 amide bonds. The number of imide groups is 1. The van der Waals surface area contributed by atoms with E-state index in [2.05, 4.69) is 10.3 Å². The van der Waals surface area contributed by atoms with Gasteiger partial charge in [0.15, 0.2) is 5.13 Å². The summed E-state index contributed by atoms with van der Waals surface area (Å²) in [4.78, 5) is 44.4. The van der Waals surface area contributed by atoms with E-state index in [0.29, 0.717) is 10.7 Å². The minimum Gasteiger partial charge on any atom is -0.302 e. The molecule has 0 radical (unpaired) electrons. The SMILES string of the molecule is O=C(CC(c1ccc(F)cc1)N1C(=O)C2C3C=CC(C3)C2C1=O)Nc1nccs1. The maximum Gasteiger partial charge on any atom is 0.234 e. The highest BCUT2D eigenvalue weighted by Crippen LogP contribution is 2.54. The number of rotatable bonds is 5. The molecule has 1 saturated carbocycles. The van der Waals surface area contributed by atoms with E-state index in [1.54, 1.807) is 11.6 Å². The fraction of sp³-hybridized carbons (Fsp3) is 0.333. The van der Waals surface area contributed by atoms with Crippen molar-refractivity contribution in [3.05, 3.63) is 59.4 Å². The number of likely N-dealkylation sites (tertiary alicyclic amines) is 1. The van der Waals surface area contributed by atoms with E-state index in [-0.39, 0.29) is 47.8 Å². The predicted octanol–water partition coefficient (Wildman–Crippen LogP) is 3.16. The Kier molecular flexibility index (Phi) is 4.31. The van der Waals surface area contributed by atoms with Crippen LogP contribution in [0.1, 0.15) is 24.4 Å². The Labute approximate surface area is 170 Å². The Hall–Kier alpha value is -2.87. The van der Waals surface area contributed by atoms with Gasteiger partial charge in [0.25, 0.3) is 0 Å². The second-order valence-corrected chi connectivity index (χ2v) is 8.60. The minimum absolute atomic E-state index is 0.0875. The number of hydrogen-bond acceptors (Lipinski definition) is 5. The minimum atomic E-state index is -0.777. The first-order chi connectivity index (χ1) is 14.0. The van der Waals surface area contributed by atoms with Crippen molar-refractivity contribution in [3.8, 4) is 0 Å². The molecule has 6 nitrogen and oxygen atoms in total. The van der Waals surface area contributed by atoms with Gasteiger partial charge in [-0.2, -0.15) is 0 Å². The molecular formula is C21H18FN3O3S. The number of nitrogens with one attached hydrogen (secondary N) is 1. The zero-order valence-corrected chi connectivity index (χ0v) is 16.1. The summed E-state index contributed by atoms with van der Waals surface area (Å²) in [6.45, 7) is 0. The number of aromatic nitrogens is 1. The fourth-order valence-electron chi connectivity index (χ4n) is 4.91. The van der Waals surface area contributed by atoms with Crippen LogP contribution in [0.5, 0.6) is 0 Å². The number of nitrogens with zero attached hydrogens (tertiary/aromatic N) is 2. The molecule has 148 valence electrons. The van der Waals surface area contributed by atoms with Crippen molar-refractivity contribution in [2.45, 2.75) is 18.9 Å². The fourth-order valence-corrected chi connectivity index (χ4v) is 5.45. The summed E-state index contributed by atoms with van der Waals surface area (Å²) in [5.74, 6) is -1.74. The van der Waals surface area contributed by atoms with Gasteiger partial charge in [0.2, 0.25) is 17.7 Å². The summed E-state index contributed by atoms with van der Waals surface area (Å²) in [5, 5.41) is 4.89. The number of anilines is 1. The third kappa shape index (κ3) is 2.98. The van der Waals surface area contributed by atoms with Crippen molar-refractivity contribution < 1.29 is 18.8 Å². The summed E-state index contributed by atoms with van der Waals surface area (Å²) in [6.07, 6.45) is 6.37. The number of amides is 3. The van der Waals surface area contributed by atoms with Crippen molar-refractivity contribution in [1.29, 1.82) is 0 Å². The van der Waals surface area contributed by atoms with Gasteiger partial charge in [0, 0.05) is 11.6 Å². The third-order valence-corrected chi connectivity index (χ3v) is 6.82. The average Bonchev–Trinajstić information content (AvgIpc) is 3.47. The van der Waals surface area contributed by atoms with Crippen LogP contribution in [0.3, 0.4) is 0 Å². The first kappa shape index (κ1) is 18.2. The van der Waals surface area contributed by atoms with Crippen LogP contribution in [0.25, 0.3) is 0 Å². The molecule has 29 heavy (non-hydrogen) atoms. The van der Waals surface area contributed by atoms with Crippen molar-refractivity contribution in [3.63, 3.8) is 0 Å². The van der Waals surface area contributed by atoms with Gasteiger partial charge in [-0.15, -0.1) is 11.3 Å². The normalized spacial score (nSPS) is 28.1. The van der Waals surface area contributed by atoms with Crippen LogP contribution in [0.15, 0.2) is 48.0 Å². The third-order valence-electron chi connectivity index (χ3n) is 6.13. The molecule has 1 aromatic carbocycles. The lowest BCUT2D eigenvalue weighted by atomic mass is 9.85. The van der Waals surface area contributed by atoms with Gasteiger partial charge in [-0.05, 0) is 36.0 Å². The number of carbonyl (C=O) groups is 3. The van der Waals surface area contributed by atoms with Crippen LogP contribution in [0, 0.1) is 29.5 Å².